The van der Waals surface area contributed by atoms with Crippen LogP contribution in [0.1, 0.15) is 34.9 Å². The largest absolute Gasteiger partial charge is 0.448 e. The maximum atomic E-state index is 13.4. The van der Waals surface area contributed by atoms with Crippen LogP contribution in [0.2, 0.25) is 0 Å². The Labute approximate surface area is 174 Å². The Hall–Kier alpha value is -2.97. The fourth-order valence-electron chi connectivity index (χ4n) is 3.88. The van der Waals surface area contributed by atoms with Crippen molar-refractivity contribution in [1.29, 1.82) is 0 Å². The van der Waals surface area contributed by atoms with E-state index in [9.17, 15) is 18.0 Å². The lowest BCUT2D eigenvalue weighted by molar-refractivity contribution is -0.151. The third-order valence-electron chi connectivity index (χ3n) is 5.33. The highest BCUT2D eigenvalue weighted by molar-refractivity contribution is 7.88. The number of esters is 1. The van der Waals surface area contributed by atoms with Crippen LogP contribution in [0.15, 0.2) is 60.8 Å². The topological polar surface area (TPSA) is 96.5 Å². The lowest BCUT2D eigenvalue weighted by Gasteiger charge is -2.24. The summed E-state index contributed by atoms with van der Waals surface area (Å²) in [7, 11) is -3.55. The molecule has 0 saturated carbocycles. The number of ether oxygens (including phenoxy) is 1. The number of ketones is 1. The van der Waals surface area contributed by atoms with Gasteiger partial charge in [-0.25, -0.2) is 8.42 Å². The molecule has 2 atom stereocenters. The monoisotopic (exact) mass is 426 g/mol. The van der Waals surface area contributed by atoms with Crippen molar-refractivity contribution in [2.75, 3.05) is 12.8 Å². The van der Waals surface area contributed by atoms with Crippen molar-refractivity contribution in [2.45, 2.75) is 25.0 Å². The Morgan fingerprint density at radius 1 is 1.10 bits per heavy atom. The number of nitrogens with one attached hydrogen (secondary N) is 1. The number of hydrogen-bond acceptors (Lipinski definition) is 5. The fraction of sp³-hybridized carbons (Fsp3) is 0.273. The molecule has 1 aliphatic heterocycles. The van der Waals surface area contributed by atoms with E-state index in [2.05, 4.69) is 4.98 Å². The molecule has 0 bridgehead atoms. The Balaban J connectivity index is 1.67. The number of para-hydroxylation sites is 1. The molecule has 8 heteroatoms. The molecule has 0 spiro atoms. The zero-order chi connectivity index (χ0) is 21.3. The number of aromatic nitrogens is 1. The molecule has 1 saturated heterocycles. The van der Waals surface area contributed by atoms with Crippen LogP contribution in [0.5, 0.6) is 0 Å². The Bertz CT molecular complexity index is 1190. The minimum absolute atomic E-state index is 0.269. The van der Waals surface area contributed by atoms with Gasteiger partial charge in [-0.2, -0.15) is 4.31 Å². The van der Waals surface area contributed by atoms with Crippen molar-refractivity contribution in [2.24, 2.45) is 0 Å². The van der Waals surface area contributed by atoms with E-state index >= 15 is 0 Å². The number of carbonyl (C=O) groups excluding carboxylic acids is 2. The van der Waals surface area contributed by atoms with Gasteiger partial charge in [-0.15, -0.1) is 0 Å². The van der Waals surface area contributed by atoms with E-state index in [1.165, 1.54) is 0 Å². The van der Waals surface area contributed by atoms with Gasteiger partial charge in [0.2, 0.25) is 15.8 Å². The van der Waals surface area contributed by atoms with Gasteiger partial charge < -0.3 is 9.72 Å². The van der Waals surface area contributed by atoms with Crippen LogP contribution in [0, 0.1) is 0 Å². The Morgan fingerprint density at radius 2 is 1.80 bits per heavy atom. The standard InChI is InChI=1S/C22H22N2O5S/c1-30(27,28)24-13-7-12-19(24)22(26)29-21(15-8-3-2-4-9-15)20(25)17-14-23-18-11-6-5-10-16(17)18/h2-6,8-11,14,19,21,23H,7,12-13H2,1H3/t19-,21-/m1/s1. The second-order valence-corrected chi connectivity index (χ2v) is 9.31. The van der Waals surface area contributed by atoms with Gasteiger partial charge in [-0.05, 0) is 18.9 Å². The van der Waals surface area contributed by atoms with Crippen LogP contribution in [-0.2, 0) is 19.6 Å². The number of rotatable bonds is 6. The van der Waals surface area contributed by atoms with Crippen LogP contribution in [0.3, 0.4) is 0 Å². The Kier molecular flexibility index (Phi) is 5.44. The van der Waals surface area contributed by atoms with Crippen molar-refractivity contribution in [3.05, 3.63) is 71.9 Å². The lowest BCUT2D eigenvalue weighted by atomic mass is 9.99. The Morgan fingerprint density at radius 3 is 2.53 bits per heavy atom. The fourth-order valence-corrected chi connectivity index (χ4v) is 5.00. The van der Waals surface area contributed by atoms with Crippen molar-refractivity contribution in [3.8, 4) is 0 Å². The number of benzene rings is 2. The van der Waals surface area contributed by atoms with E-state index < -0.39 is 28.1 Å². The molecule has 4 rings (SSSR count). The molecule has 2 aromatic carbocycles. The SMILES string of the molecule is CS(=O)(=O)N1CCC[C@@H]1C(=O)O[C@@H](C(=O)c1c[nH]c2ccccc12)c1ccccc1. The summed E-state index contributed by atoms with van der Waals surface area (Å²) in [5.74, 6) is -1.07. The first kappa shape index (κ1) is 20.3. The van der Waals surface area contributed by atoms with E-state index in [-0.39, 0.29) is 12.3 Å². The molecule has 30 heavy (non-hydrogen) atoms. The molecular weight excluding hydrogens is 404 g/mol. The number of aromatic amines is 1. The molecule has 0 radical (unpaired) electrons. The summed E-state index contributed by atoms with van der Waals surface area (Å²) in [4.78, 5) is 29.4. The number of fused-ring (bicyclic) bond motifs is 1. The summed E-state index contributed by atoms with van der Waals surface area (Å²) < 4.78 is 30.9. The van der Waals surface area contributed by atoms with Crippen molar-refractivity contribution in [1.82, 2.24) is 9.29 Å². The minimum atomic E-state index is -3.55. The average Bonchev–Trinajstić information content (AvgIpc) is 3.39. The van der Waals surface area contributed by atoms with Crippen molar-refractivity contribution < 1.29 is 22.7 Å². The summed E-state index contributed by atoms with van der Waals surface area (Å²) in [6, 6.07) is 15.2. The summed E-state index contributed by atoms with van der Waals surface area (Å²) in [6.07, 6.45) is 2.45. The predicted molar refractivity (Wildman–Crippen MR) is 112 cm³/mol. The maximum Gasteiger partial charge on any atom is 0.325 e. The lowest BCUT2D eigenvalue weighted by Crippen LogP contribution is -2.41. The van der Waals surface area contributed by atoms with Gasteiger partial charge in [-0.1, -0.05) is 48.5 Å². The number of hydrogen-bond donors (Lipinski definition) is 1. The molecule has 2 heterocycles. The zero-order valence-electron chi connectivity index (χ0n) is 16.4. The quantitative estimate of drug-likeness (QED) is 0.483. The van der Waals surface area contributed by atoms with E-state index in [0.29, 0.717) is 24.0 Å². The maximum absolute atomic E-state index is 13.4. The van der Waals surface area contributed by atoms with Crippen molar-refractivity contribution >= 4 is 32.7 Å². The first-order chi connectivity index (χ1) is 14.4. The molecule has 3 aromatic rings. The normalized spacial score (nSPS) is 18.4. The highest BCUT2D eigenvalue weighted by atomic mass is 32.2. The van der Waals surface area contributed by atoms with Gasteiger partial charge in [-0.3, -0.25) is 9.59 Å². The molecule has 0 aliphatic carbocycles. The number of Topliss-reactive ketones (excluding diaryl/α,β-unsaturated/α-hetero) is 1. The highest BCUT2D eigenvalue weighted by Gasteiger charge is 2.40. The number of H-pyrrole nitrogens is 1. The van der Waals surface area contributed by atoms with E-state index in [4.69, 9.17) is 4.74 Å². The van der Waals surface area contributed by atoms with Gasteiger partial charge in [0.1, 0.15) is 6.04 Å². The number of sulfonamides is 1. The molecule has 1 N–H and O–H groups in total. The second-order valence-electron chi connectivity index (χ2n) is 7.37. The first-order valence-electron chi connectivity index (χ1n) is 9.69. The van der Waals surface area contributed by atoms with E-state index in [1.807, 2.05) is 24.3 Å². The summed E-state index contributed by atoms with van der Waals surface area (Å²) in [5.41, 5.74) is 1.75. The van der Waals surface area contributed by atoms with Crippen LogP contribution in [0.4, 0.5) is 0 Å². The third kappa shape index (κ3) is 3.88. The molecule has 0 amide bonds. The summed E-state index contributed by atoms with van der Waals surface area (Å²) >= 11 is 0. The van der Waals surface area contributed by atoms with Gasteiger partial charge in [0.25, 0.3) is 0 Å². The van der Waals surface area contributed by atoms with Crippen LogP contribution >= 0.6 is 0 Å². The third-order valence-corrected chi connectivity index (χ3v) is 6.62. The number of nitrogens with zero attached hydrogens (tertiary/aromatic N) is 1. The van der Waals surface area contributed by atoms with Crippen LogP contribution in [0.25, 0.3) is 10.9 Å². The smallest absolute Gasteiger partial charge is 0.325 e. The molecule has 7 nitrogen and oxygen atoms in total. The van der Waals surface area contributed by atoms with Crippen molar-refractivity contribution in [3.63, 3.8) is 0 Å². The van der Waals surface area contributed by atoms with E-state index in [1.54, 1.807) is 36.5 Å². The molecule has 0 unspecified atom stereocenters. The van der Waals surface area contributed by atoms with Crippen LogP contribution in [-0.4, -0.2) is 48.3 Å². The van der Waals surface area contributed by atoms with Gasteiger partial charge in [0.15, 0.2) is 6.10 Å². The highest BCUT2D eigenvalue weighted by Crippen LogP contribution is 2.29. The van der Waals surface area contributed by atoms with Gasteiger partial charge >= 0.3 is 5.97 Å². The first-order valence-corrected chi connectivity index (χ1v) is 11.5. The second kappa shape index (κ2) is 8.04. The molecule has 1 aliphatic rings. The molecule has 1 fully saturated rings. The average molecular weight is 426 g/mol. The summed E-state index contributed by atoms with van der Waals surface area (Å²) in [6.45, 7) is 0.269. The predicted octanol–water partition coefficient (Wildman–Crippen LogP) is 3.06. The molecule has 156 valence electrons. The summed E-state index contributed by atoms with van der Waals surface area (Å²) in [5, 5.41) is 0.734. The minimum Gasteiger partial charge on any atom is -0.448 e. The van der Waals surface area contributed by atoms with Crippen LogP contribution < -0.4 is 0 Å². The number of carbonyl (C=O) groups is 2. The van der Waals surface area contributed by atoms with E-state index in [0.717, 1.165) is 21.5 Å². The zero-order valence-corrected chi connectivity index (χ0v) is 17.3. The molecule has 1 aromatic heterocycles. The molecular formula is C22H22N2O5S. The van der Waals surface area contributed by atoms with Gasteiger partial charge in [0.05, 0.1) is 6.26 Å². The van der Waals surface area contributed by atoms with Gasteiger partial charge in [0, 0.05) is 34.8 Å².